The molecule has 0 fully saturated rings. The van der Waals surface area contributed by atoms with Crippen molar-refractivity contribution in [3.05, 3.63) is 22.7 Å². The third kappa shape index (κ3) is 3.75. The minimum atomic E-state index is -1.67. The predicted octanol–water partition coefficient (Wildman–Crippen LogP) is 0.532. The summed E-state index contributed by atoms with van der Waals surface area (Å²) in [6.45, 7) is -0.417. The molecule has 0 aliphatic heterocycles. The molecule has 1 atom stereocenters. The van der Waals surface area contributed by atoms with Gasteiger partial charge in [0.25, 0.3) is 5.91 Å². The zero-order chi connectivity index (χ0) is 15.3. The molecule has 0 bridgehead atoms. The number of carbonyl (C=O) groups is 2. The van der Waals surface area contributed by atoms with Crippen LogP contribution < -0.4 is 14.8 Å². The molecule has 0 aliphatic rings. The summed E-state index contributed by atoms with van der Waals surface area (Å²) in [5.41, 5.74) is 0.158. The maximum absolute atomic E-state index is 11.8. The van der Waals surface area contributed by atoms with Gasteiger partial charge in [-0.25, -0.2) is 4.79 Å². The first-order valence-electron chi connectivity index (χ1n) is 5.51. The predicted molar refractivity (Wildman–Crippen MR) is 70.5 cm³/mol. The fourth-order valence-electron chi connectivity index (χ4n) is 1.43. The molecular weight excluding hydrogens is 290 g/mol. The third-order valence-electron chi connectivity index (χ3n) is 2.44. The van der Waals surface area contributed by atoms with Crippen LogP contribution in [0.3, 0.4) is 0 Å². The molecule has 0 spiro atoms. The fourth-order valence-corrected chi connectivity index (χ4v) is 1.72. The Morgan fingerprint density at radius 3 is 2.50 bits per heavy atom. The Balaban J connectivity index is 2.89. The van der Waals surface area contributed by atoms with Crippen LogP contribution in [0, 0.1) is 0 Å². The van der Waals surface area contributed by atoms with E-state index in [4.69, 9.17) is 31.3 Å². The summed E-state index contributed by atoms with van der Waals surface area (Å²) in [6, 6.07) is 2.75. The highest BCUT2D eigenvalue weighted by Gasteiger charge is 2.18. The summed E-state index contributed by atoms with van der Waals surface area (Å²) >= 11 is 5.94. The lowest BCUT2D eigenvalue weighted by atomic mass is 10.2. The number of methoxy groups -OCH3 is 2. The average molecular weight is 304 g/mol. The Bertz CT molecular complexity index is 519. The third-order valence-corrected chi connectivity index (χ3v) is 2.72. The molecule has 110 valence electrons. The molecule has 1 rings (SSSR count). The van der Waals surface area contributed by atoms with Crippen molar-refractivity contribution in [1.29, 1.82) is 0 Å². The Morgan fingerprint density at radius 1 is 1.35 bits per heavy atom. The minimum absolute atomic E-state index is 0.158. The number of rotatable bonds is 6. The Labute approximate surface area is 120 Å². The van der Waals surface area contributed by atoms with Gasteiger partial charge in [-0.3, -0.25) is 4.79 Å². The van der Waals surface area contributed by atoms with Gasteiger partial charge in [-0.2, -0.15) is 0 Å². The van der Waals surface area contributed by atoms with Gasteiger partial charge in [-0.05, 0) is 12.1 Å². The van der Waals surface area contributed by atoms with E-state index < -0.39 is 24.5 Å². The number of hydrogen-bond donors (Lipinski definition) is 3. The highest BCUT2D eigenvalue weighted by Crippen LogP contribution is 2.35. The van der Waals surface area contributed by atoms with E-state index in [2.05, 4.69) is 5.32 Å². The highest BCUT2D eigenvalue weighted by atomic mass is 35.5. The number of carboxylic acid groups (broad SMARTS) is 1. The van der Waals surface area contributed by atoms with Crippen LogP contribution in [0.1, 0.15) is 10.4 Å². The Kier molecular flexibility index (Phi) is 5.60. The molecule has 0 unspecified atom stereocenters. The lowest BCUT2D eigenvalue weighted by Gasteiger charge is -2.12. The van der Waals surface area contributed by atoms with E-state index >= 15 is 0 Å². The molecule has 0 aliphatic carbocycles. The molecule has 1 aromatic carbocycles. The first kappa shape index (κ1) is 16.1. The maximum atomic E-state index is 11.8. The van der Waals surface area contributed by atoms with E-state index in [9.17, 15) is 9.59 Å². The first-order valence-corrected chi connectivity index (χ1v) is 5.89. The zero-order valence-electron chi connectivity index (χ0n) is 10.8. The Hall–Kier alpha value is -1.99. The second-order valence-electron chi connectivity index (χ2n) is 3.76. The van der Waals surface area contributed by atoms with Crippen molar-refractivity contribution < 1.29 is 29.3 Å². The average Bonchev–Trinajstić information content (AvgIpc) is 2.42. The van der Waals surface area contributed by atoms with Crippen LogP contribution in [-0.2, 0) is 4.79 Å². The monoisotopic (exact) mass is 303 g/mol. The van der Waals surface area contributed by atoms with Gasteiger partial charge in [-0.15, -0.1) is 0 Å². The molecule has 1 aromatic rings. The van der Waals surface area contributed by atoms with Crippen LogP contribution in [0.2, 0.25) is 5.02 Å². The van der Waals surface area contributed by atoms with Gasteiger partial charge in [0.05, 0.1) is 25.8 Å². The quantitative estimate of drug-likeness (QED) is 0.708. The molecular formula is C12H14ClNO6. The molecule has 7 nitrogen and oxygen atoms in total. The molecule has 3 N–H and O–H groups in total. The minimum Gasteiger partial charge on any atom is -0.493 e. The summed E-state index contributed by atoms with van der Waals surface area (Å²) < 4.78 is 10.1. The maximum Gasteiger partial charge on any atom is 0.334 e. The lowest BCUT2D eigenvalue weighted by Crippen LogP contribution is -2.36. The van der Waals surface area contributed by atoms with E-state index in [0.717, 1.165) is 0 Å². The van der Waals surface area contributed by atoms with E-state index in [1.165, 1.54) is 26.4 Å². The fraction of sp³-hybridized carbons (Fsp3) is 0.333. The van der Waals surface area contributed by atoms with Gasteiger partial charge < -0.3 is 25.0 Å². The van der Waals surface area contributed by atoms with Gasteiger partial charge in [0, 0.05) is 5.56 Å². The molecule has 0 radical (unpaired) electrons. The van der Waals surface area contributed by atoms with Gasteiger partial charge in [0.1, 0.15) is 0 Å². The normalized spacial score (nSPS) is 11.6. The second kappa shape index (κ2) is 6.97. The molecule has 0 saturated carbocycles. The molecule has 0 aromatic heterocycles. The summed E-state index contributed by atoms with van der Waals surface area (Å²) in [5, 5.41) is 20.0. The van der Waals surface area contributed by atoms with Gasteiger partial charge in [0.2, 0.25) is 0 Å². The van der Waals surface area contributed by atoms with Crippen LogP contribution in [-0.4, -0.2) is 49.0 Å². The second-order valence-corrected chi connectivity index (χ2v) is 4.16. The standard InChI is InChI=1S/C12H14ClNO6/c1-19-9-4-6(3-7(13)10(9)20-2)11(16)14-5-8(15)12(17)18/h3-4,8,15H,5H2,1-2H3,(H,14,16)(H,17,18)/t8-/m0/s1. The summed E-state index contributed by atoms with van der Waals surface area (Å²) in [6.07, 6.45) is -1.67. The van der Waals surface area contributed by atoms with Crippen LogP contribution in [0.4, 0.5) is 0 Å². The molecule has 20 heavy (non-hydrogen) atoms. The van der Waals surface area contributed by atoms with Crippen molar-refractivity contribution in [3.8, 4) is 11.5 Å². The number of benzene rings is 1. The van der Waals surface area contributed by atoms with E-state index in [0.29, 0.717) is 0 Å². The summed E-state index contributed by atoms with van der Waals surface area (Å²) in [7, 11) is 2.80. The van der Waals surface area contributed by atoms with E-state index in [-0.39, 0.29) is 22.1 Å². The van der Waals surface area contributed by atoms with Gasteiger partial charge in [0.15, 0.2) is 17.6 Å². The molecule has 1 amide bonds. The smallest absolute Gasteiger partial charge is 0.334 e. The summed E-state index contributed by atoms with van der Waals surface area (Å²) in [5.74, 6) is -1.45. The SMILES string of the molecule is COc1cc(C(=O)NC[C@H](O)C(=O)O)cc(Cl)c1OC. The van der Waals surface area contributed by atoms with Crippen molar-refractivity contribution in [1.82, 2.24) is 5.32 Å². The van der Waals surface area contributed by atoms with Crippen molar-refractivity contribution >= 4 is 23.5 Å². The van der Waals surface area contributed by atoms with Crippen LogP contribution in [0.5, 0.6) is 11.5 Å². The zero-order valence-corrected chi connectivity index (χ0v) is 11.6. The van der Waals surface area contributed by atoms with Crippen molar-refractivity contribution in [3.63, 3.8) is 0 Å². The number of amides is 1. The Morgan fingerprint density at radius 2 is 2.00 bits per heavy atom. The number of hydrogen-bond acceptors (Lipinski definition) is 5. The number of carboxylic acids is 1. The van der Waals surface area contributed by atoms with Crippen molar-refractivity contribution in [2.24, 2.45) is 0 Å². The van der Waals surface area contributed by atoms with Gasteiger partial charge >= 0.3 is 5.97 Å². The van der Waals surface area contributed by atoms with Crippen LogP contribution >= 0.6 is 11.6 Å². The number of ether oxygens (including phenoxy) is 2. The number of aliphatic hydroxyl groups is 1. The molecule has 0 saturated heterocycles. The van der Waals surface area contributed by atoms with Gasteiger partial charge in [-0.1, -0.05) is 11.6 Å². The topological polar surface area (TPSA) is 105 Å². The summed E-state index contributed by atoms with van der Waals surface area (Å²) in [4.78, 5) is 22.2. The van der Waals surface area contributed by atoms with E-state index in [1.807, 2.05) is 0 Å². The largest absolute Gasteiger partial charge is 0.493 e. The van der Waals surface area contributed by atoms with Crippen LogP contribution in [0.25, 0.3) is 0 Å². The highest BCUT2D eigenvalue weighted by molar-refractivity contribution is 6.32. The molecule has 0 heterocycles. The molecule has 8 heteroatoms. The number of carbonyl (C=O) groups excluding carboxylic acids is 1. The van der Waals surface area contributed by atoms with Crippen LogP contribution in [0.15, 0.2) is 12.1 Å². The number of aliphatic carboxylic acids is 1. The van der Waals surface area contributed by atoms with E-state index in [1.54, 1.807) is 0 Å². The first-order chi connectivity index (χ1) is 9.40. The van der Waals surface area contributed by atoms with Crippen molar-refractivity contribution in [2.75, 3.05) is 20.8 Å². The number of aliphatic hydroxyl groups excluding tert-OH is 1. The van der Waals surface area contributed by atoms with Crippen molar-refractivity contribution in [2.45, 2.75) is 6.10 Å². The number of nitrogens with one attached hydrogen (secondary N) is 1. The number of halogens is 1. The lowest BCUT2D eigenvalue weighted by molar-refractivity contribution is -0.146.